The van der Waals surface area contributed by atoms with Crippen LogP contribution in [-0.4, -0.2) is 12.1 Å². The van der Waals surface area contributed by atoms with Gasteiger partial charge >= 0.3 is 0 Å². The monoisotopic (exact) mass is 211 g/mol. The van der Waals surface area contributed by atoms with Crippen LogP contribution in [0.2, 0.25) is 0 Å². The molecule has 0 radical (unpaired) electrons. The minimum absolute atomic E-state index is 0.234. The number of rotatable bonds is 5. The fraction of sp³-hybridized carbons (Fsp3) is 0.500. The van der Waals surface area contributed by atoms with Gasteiger partial charge in [0.25, 0.3) is 0 Å². The molecule has 1 aromatic rings. The zero-order chi connectivity index (χ0) is 11.3. The molecule has 0 aliphatic rings. The van der Waals surface area contributed by atoms with E-state index in [4.69, 9.17) is 10.5 Å². The van der Waals surface area contributed by atoms with Crippen molar-refractivity contribution in [2.45, 2.75) is 32.4 Å². The van der Waals surface area contributed by atoms with E-state index in [9.17, 15) is 4.39 Å². The van der Waals surface area contributed by atoms with Gasteiger partial charge in [0.1, 0.15) is 5.82 Å². The van der Waals surface area contributed by atoms with Crippen molar-refractivity contribution >= 4 is 0 Å². The van der Waals surface area contributed by atoms with E-state index in [2.05, 4.69) is 0 Å². The van der Waals surface area contributed by atoms with Crippen LogP contribution in [0.1, 0.15) is 25.8 Å². The summed E-state index contributed by atoms with van der Waals surface area (Å²) in [6.07, 6.45) is 0.857. The molecule has 1 atom stereocenters. The summed E-state index contributed by atoms with van der Waals surface area (Å²) in [7, 11) is 0. The number of benzene rings is 1. The summed E-state index contributed by atoms with van der Waals surface area (Å²) < 4.78 is 18.3. The van der Waals surface area contributed by atoms with Crippen molar-refractivity contribution in [3.63, 3.8) is 0 Å². The van der Waals surface area contributed by atoms with Gasteiger partial charge in [-0.15, -0.1) is 0 Å². The Morgan fingerprint density at radius 1 is 1.47 bits per heavy atom. The van der Waals surface area contributed by atoms with E-state index in [1.54, 1.807) is 6.07 Å². The number of nitrogens with two attached hydrogens (primary N) is 1. The second-order valence-electron chi connectivity index (χ2n) is 4.13. The standard InChI is InChI=1S/C12H18FNO/c1-3-12(2,14)9-15-8-10-5-4-6-11(13)7-10/h4-7H,3,8-9,14H2,1-2H3. The summed E-state index contributed by atoms with van der Waals surface area (Å²) in [5.41, 5.74) is 6.45. The summed E-state index contributed by atoms with van der Waals surface area (Å²) in [6, 6.07) is 6.40. The molecular weight excluding hydrogens is 193 g/mol. The number of halogens is 1. The van der Waals surface area contributed by atoms with Gasteiger partial charge in [-0.1, -0.05) is 19.1 Å². The SMILES string of the molecule is CCC(C)(N)COCc1cccc(F)c1. The highest BCUT2D eigenvalue weighted by atomic mass is 19.1. The molecular formula is C12H18FNO. The zero-order valence-corrected chi connectivity index (χ0v) is 9.29. The fourth-order valence-electron chi connectivity index (χ4n) is 1.13. The highest BCUT2D eigenvalue weighted by Gasteiger charge is 2.15. The first-order valence-corrected chi connectivity index (χ1v) is 5.14. The molecule has 0 aliphatic heterocycles. The molecule has 0 aliphatic carbocycles. The van der Waals surface area contributed by atoms with Crippen molar-refractivity contribution in [2.75, 3.05) is 6.61 Å². The summed E-state index contributed by atoms with van der Waals surface area (Å²) in [6.45, 7) is 4.86. The van der Waals surface area contributed by atoms with Crippen LogP contribution in [0.5, 0.6) is 0 Å². The van der Waals surface area contributed by atoms with Crippen molar-refractivity contribution in [3.05, 3.63) is 35.6 Å². The van der Waals surface area contributed by atoms with E-state index in [0.29, 0.717) is 13.2 Å². The first kappa shape index (κ1) is 12.1. The molecule has 2 nitrogen and oxygen atoms in total. The summed E-state index contributed by atoms with van der Waals surface area (Å²) in [5.74, 6) is -0.234. The highest BCUT2D eigenvalue weighted by Crippen LogP contribution is 2.09. The maximum Gasteiger partial charge on any atom is 0.123 e. The van der Waals surface area contributed by atoms with Crippen molar-refractivity contribution in [2.24, 2.45) is 5.73 Å². The summed E-state index contributed by atoms with van der Waals surface area (Å²) in [4.78, 5) is 0. The molecule has 0 amide bonds. The van der Waals surface area contributed by atoms with Gasteiger partial charge in [0, 0.05) is 5.54 Å². The molecule has 3 heteroatoms. The third-order valence-corrected chi connectivity index (χ3v) is 2.40. The Kier molecular flexibility index (Phi) is 4.24. The van der Waals surface area contributed by atoms with Gasteiger partial charge in [0.2, 0.25) is 0 Å². The second kappa shape index (κ2) is 5.24. The van der Waals surface area contributed by atoms with E-state index in [-0.39, 0.29) is 11.4 Å². The van der Waals surface area contributed by atoms with Crippen LogP contribution in [0.4, 0.5) is 4.39 Å². The first-order valence-electron chi connectivity index (χ1n) is 5.14. The molecule has 0 bridgehead atoms. The van der Waals surface area contributed by atoms with Gasteiger partial charge < -0.3 is 10.5 Å². The van der Waals surface area contributed by atoms with Crippen LogP contribution in [0.3, 0.4) is 0 Å². The fourth-order valence-corrected chi connectivity index (χ4v) is 1.13. The van der Waals surface area contributed by atoms with Crippen LogP contribution in [0.25, 0.3) is 0 Å². The number of hydrogen-bond donors (Lipinski definition) is 1. The highest BCUT2D eigenvalue weighted by molar-refractivity contribution is 5.15. The molecule has 1 rings (SSSR count). The first-order chi connectivity index (χ1) is 7.03. The van der Waals surface area contributed by atoms with Crippen LogP contribution in [0, 0.1) is 5.82 Å². The molecule has 0 saturated heterocycles. The van der Waals surface area contributed by atoms with Crippen molar-refractivity contribution in [3.8, 4) is 0 Å². The largest absolute Gasteiger partial charge is 0.375 e. The van der Waals surface area contributed by atoms with Crippen molar-refractivity contribution in [1.29, 1.82) is 0 Å². The smallest absolute Gasteiger partial charge is 0.123 e. The molecule has 0 saturated carbocycles. The van der Waals surface area contributed by atoms with Gasteiger partial charge in [-0.25, -0.2) is 4.39 Å². The van der Waals surface area contributed by atoms with E-state index >= 15 is 0 Å². The molecule has 15 heavy (non-hydrogen) atoms. The van der Waals surface area contributed by atoms with E-state index in [1.165, 1.54) is 12.1 Å². The summed E-state index contributed by atoms with van der Waals surface area (Å²) >= 11 is 0. The van der Waals surface area contributed by atoms with Crippen LogP contribution < -0.4 is 5.73 Å². The predicted molar refractivity (Wildman–Crippen MR) is 58.9 cm³/mol. The molecule has 1 unspecified atom stereocenters. The average Bonchev–Trinajstić information content (AvgIpc) is 2.18. The Labute approximate surface area is 90.2 Å². The Balaban J connectivity index is 2.38. The van der Waals surface area contributed by atoms with Gasteiger partial charge in [-0.2, -0.15) is 0 Å². The minimum atomic E-state index is -0.298. The zero-order valence-electron chi connectivity index (χ0n) is 9.29. The Morgan fingerprint density at radius 2 is 2.20 bits per heavy atom. The lowest BCUT2D eigenvalue weighted by molar-refractivity contribution is 0.0776. The lowest BCUT2D eigenvalue weighted by Crippen LogP contribution is -2.40. The minimum Gasteiger partial charge on any atom is -0.375 e. The van der Waals surface area contributed by atoms with Crippen LogP contribution >= 0.6 is 0 Å². The number of ether oxygens (including phenoxy) is 1. The lowest BCUT2D eigenvalue weighted by atomic mass is 10.0. The molecule has 0 heterocycles. The molecule has 0 fully saturated rings. The molecule has 0 spiro atoms. The summed E-state index contributed by atoms with van der Waals surface area (Å²) in [5, 5.41) is 0. The lowest BCUT2D eigenvalue weighted by Gasteiger charge is -2.22. The van der Waals surface area contributed by atoms with Crippen LogP contribution in [0.15, 0.2) is 24.3 Å². The molecule has 84 valence electrons. The maximum absolute atomic E-state index is 12.8. The normalized spacial score (nSPS) is 14.9. The van der Waals surface area contributed by atoms with E-state index in [0.717, 1.165) is 12.0 Å². The van der Waals surface area contributed by atoms with Gasteiger partial charge in [0.15, 0.2) is 0 Å². The third kappa shape index (κ3) is 4.40. The van der Waals surface area contributed by atoms with Crippen LogP contribution in [-0.2, 0) is 11.3 Å². The van der Waals surface area contributed by atoms with E-state index < -0.39 is 0 Å². The predicted octanol–water partition coefficient (Wildman–Crippen LogP) is 2.47. The molecule has 1 aromatic carbocycles. The van der Waals surface area contributed by atoms with E-state index in [1.807, 2.05) is 19.9 Å². The molecule has 0 aromatic heterocycles. The third-order valence-electron chi connectivity index (χ3n) is 2.40. The molecule has 2 N–H and O–H groups in total. The maximum atomic E-state index is 12.8. The Bertz CT molecular complexity index is 312. The van der Waals surface area contributed by atoms with Crippen molar-refractivity contribution < 1.29 is 9.13 Å². The number of hydrogen-bond acceptors (Lipinski definition) is 2. The van der Waals surface area contributed by atoms with Gasteiger partial charge in [0.05, 0.1) is 13.2 Å². The quantitative estimate of drug-likeness (QED) is 0.812. The average molecular weight is 211 g/mol. The van der Waals surface area contributed by atoms with Gasteiger partial charge in [-0.05, 0) is 31.0 Å². The van der Waals surface area contributed by atoms with Gasteiger partial charge in [-0.3, -0.25) is 0 Å². The Hall–Kier alpha value is -0.930. The second-order valence-corrected chi connectivity index (χ2v) is 4.13. The Morgan fingerprint density at radius 3 is 2.80 bits per heavy atom. The van der Waals surface area contributed by atoms with Crippen molar-refractivity contribution in [1.82, 2.24) is 0 Å². The topological polar surface area (TPSA) is 35.2 Å².